The van der Waals surface area contributed by atoms with E-state index in [-0.39, 0.29) is 11.3 Å². The monoisotopic (exact) mass is 468 g/mol. The molecule has 0 amide bonds. The highest BCUT2D eigenvalue weighted by Gasteiger charge is 2.20. The third kappa shape index (κ3) is 9.38. The maximum Gasteiger partial charge on any atom is 0.524 e. The van der Waals surface area contributed by atoms with E-state index in [9.17, 15) is 13.7 Å². The summed E-state index contributed by atoms with van der Waals surface area (Å²) in [5.74, 6) is -0.853. The zero-order valence-corrected chi connectivity index (χ0v) is 16.9. The van der Waals surface area contributed by atoms with Gasteiger partial charge in [0.05, 0.1) is 0 Å². The largest absolute Gasteiger partial charge is 0.524 e. The van der Waals surface area contributed by atoms with Crippen molar-refractivity contribution in [2.75, 3.05) is 0 Å². The molecule has 0 aliphatic heterocycles. The molecule has 2 rings (SSSR count). The molecule has 2 aromatic carbocycles. The number of hydrogen-bond acceptors (Lipinski definition) is 6. The van der Waals surface area contributed by atoms with E-state index in [2.05, 4.69) is 13.6 Å². The Labute approximate surface area is 163 Å². The van der Waals surface area contributed by atoms with Crippen LogP contribution in [0.1, 0.15) is 11.1 Å². The van der Waals surface area contributed by atoms with Crippen LogP contribution in [-0.4, -0.2) is 29.4 Å². The highest BCUT2D eigenvalue weighted by molar-refractivity contribution is 7.47. The predicted molar refractivity (Wildman–Crippen MR) is 99.8 cm³/mol. The number of phosphoric acid groups is 3. The molecule has 0 saturated carbocycles. The van der Waals surface area contributed by atoms with Gasteiger partial charge >= 0.3 is 23.5 Å². The first-order valence-electron chi connectivity index (χ1n) is 7.37. The Hall–Kier alpha value is -1.97. The second-order valence-electron chi connectivity index (χ2n) is 5.39. The minimum Gasteiger partial charge on any atom is -0.404 e. The summed E-state index contributed by atoms with van der Waals surface area (Å²) in [6.07, 6.45) is 2.91. The summed E-state index contributed by atoms with van der Waals surface area (Å²) in [7, 11) is -14.5. The molecule has 2 aromatic rings. The van der Waals surface area contributed by atoms with Crippen LogP contribution in [0.4, 0.5) is 0 Å². The summed E-state index contributed by atoms with van der Waals surface area (Å²) in [5.41, 5.74) is 0.761. The second-order valence-corrected chi connectivity index (χ2v) is 8.88. The van der Waals surface area contributed by atoms with Gasteiger partial charge in [-0.05, 0) is 35.4 Å². The number of hydrogen-bond donors (Lipinski definition) is 6. The van der Waals surface area contributed by atoms with Crippen LogP contribution in [0.15, 0.2) is 42.5 Å². The summed E-state index contributed by atoms with van der Waals surface area (Å²) in [5, 5.41) is 0. The van der Waals surface area contributed by atoms with E-state index < -0.39 is 35.0 Å². The van der Waals surface area contributed by atoms with Crippen molar-refractivity contribution in [3.63, 3.8) is 0 Å². The minimum absolute atomic E-state index is 0.0649. The number of benzene rings is 2. The molecule has 0 aliphatic rings. The van der Waals surface area contributed by atoms with Gasteiger partial charge < -0.3 is 13.6 Å². The molecule has 0 aromatic heterocycles. The lowest BCUT2D eigenvalue weighted by atomic mass is 10.1. The van der Waals surface area contributed by atoms with Crippen molar-refractivity contribution in [1.29, 1.82) is 0 Å². The molecule has 6 N–H and O–H groups in total. The van der Waals surface area contributed by atoms with E-state index in [1.165, 1.54) is 48.6 Å². The SMILES string of the molecule is O=P(O)(O)Oc1ccc(C=Cc2cc(OP(=O)(O)O)cc(OP(=O)(O)O)c2)cc1. The first-order chi connectivity index (χ1) is 13.2. The fourth-order valence-corrected chi connectivity index (χ4v) is 3.20. The van der Waals surface area contributed by atoms with Gasteiger partial charge in [0, 0.05) is 6.07 Å². The summed E-state index contributed by atoms with van der Waals surface area (Å²) in [4.78, 5) is 53.1. The van der Waals surface area contributed by atoms with Gasteiger partial charge in [0.1, 0.15) is 17.2 Å². The first kappa shape index (κ1) is 23.3. The van der Waals surface area contributed by atoms with Gasteiger partial charge in [0.2, 0.25) is 0 Å². The normalized spacial score (nSPS) is 12.8. The van der Waals surface area contributed by atoms with Crippen molar-refractivity contribution in [3.05, 3.63) is 53.6 Å². The molecule has 158 valence electrons. The molecular weight excluding hydrogens is 453 g/mol. The van der Waals surface area contributed by atoms with Crippen molar-refractivity contribution in [2.45, 2.75) is 0 Å². The average molecular weight is 468 g/mol. The molecular formula is C14H15O12P3. The van der Waals surface area contributed by atoms with Crippen LogP contribution < -0.4 is 13.6 Å². The molecule has 0 bridgehead atoms. The topological polar surface area (TPSA) is 200 Å². The van der Waals surface area contributed by atoms with E-state index in [0.717, 1.165) is 6.07 Å². The van der Waals surface area contributed by atoms with Crippen molar-refractivity contribution in [1.82, 2.24) is 0 Å². The lowest BCUT2D eigenvalue weighted by Gasteiger charge is -2.11. The summed E-state index contributed by atoms with van der Waals surface area (Å²) in [6, 6.07) is 8.79. The summed E-state index contributed by atoms with van der Waals surface area (Å²) >= 11 is 0. The molecule has 15 heteroatoms. The van der Waals surface area contributed by atoms with Gasteiger partial charge in [0.25, 0.3) is 0 Å². The Morgan fingerprint density at radius 2 is 0.931 bits per heavy atom. The Bertz CT molecular complexity index is 988. The number of rotatable bonds is 8. The van der Waals surface area contributed by atoms with E-state index in [0.29, 0.717) is 5.56 Å². The third-order valence-corrected chi connectivity index (χ3v) is 4.27. The van der Waals surface area contributed by atoms with Crippen molar-refractivity contribution >= 4 is 35.6 Å². The highest BCUT2D eigenvalue weighted by atomic mass is 31.2. The molecule has 0 unspecified atom stereocenters. The average Bonchev–Trinajstić information content (AvgIpc) is 2.49. The van der Waals surface area contributed by atoms with Crippen LogP contribution in [0.5, 0.6) is 17.2 Å². The molecule has 12 nitrogen and oxygen atoms in total. The first-order valence-corrected chi connectivity index (χ1v) is 12.0. The number of phosphoric ester groups is 3. The lowest BCUT2D eigenvalue weighted by Crippen LogP contribution is -1.94. The van der Waals surface area contributed by atoms with Crippen LogP contribution in [0.2, 0.25) is 0 Å². The van der Waals surface area contributed by atoms with E-state index in [1.807, 2.05) is 0 Å². The van der Waals surface area contributed by atoms with Crippen LogP contribution in [-0.2, 0) is 13.7 Å². The maximum absolute atomic E-state index is 11.0. The van der Waals surface area contributed by atoms with Crippen molar-refractivity contribution < 1.29 is 56.6 Å². The van der Waals surface area contributed by atoms with Gasteiger partial charge in [-0.1, -0.05) is 24.3 Å². The zero-order valence-electron chi connectivity index (χ0n) is 14.2. The van der Waals surface area contributed by atoms with Gasteiger partial charge in [0.15, 0.2) is 0 Å². The molecule has 0 spiro atoms. The summed E-state index contributed by atoms with van der Waals surface area (Å²) < 4.78 is 46.1. The molecule has 0 heterocycles. The molecule has 0 saturated heterocycles. The standard InChI is InChI=1S/C14H15O12P3/c15-27(16,17)24-12-5-3-10(4-6-12)1-2-11-7-13(25-28(18,19)20)9-14(8-11)26-29(21,22)23/h1-9H,(H2,15,16,17)(H2,18,19,20)(H2,21,22,23). The Morgan fingerprint density at radius 1 is 0.552 bits per heavy atom. The zero-order chi connectivity index (χ0) is 21.9. The van der Waals surface area contributed by atoms with E-state index >= 15 is 0 Å². The third-order valence-electron chi connectivity index (χ3n) is 2.92. The fraction of sp³-hybridized carbons (Fsp3) is 0. The smallest absolute Gasteiger partial charge is 0.404 e. The van der Waals surface area contributed by atoms with Crippen LogP contribution in [0, 0.1) is 0 Å². The van der Waals surface area contributed by atoms with E-state index in [1.54, 1.807) is 0 Å². The molecule has 0 aliphatic carbocycles. The molecule has 0 fully saturated rings. The Balaban J connectivity index is 2.28. The maximum atomic E-state index is 11.0. The molecule has 29 heavy (non-hydrogen) atoms. The minimum atomic E-state index is -4.93. The second kappa shape index (κ2) is 8.81. The summed E-state index contributed by atoms with van der Waals surface area (Å²) in [6.45, 7) is 0. The molecule has 0 atom stereocenters. The Kier molecular flexibility index (Phi) is 7.08. The van der Waals surface area contributed by atoms with Crippen molar-refractivity contribution in [2.24, 2.45) is 0 Å². The van der Waals surface area contributed by atoms with Crippen molar-refractivity contribution in [3.8, 4) is 17.2 Å². The fourth-order valence-electron chi connectivity index (χ4n) is 2.04. The molecule has 0 radical (unpaired) electrons. The van der Waals surface area contributed by atoms with Gasteiger partial charge in [-0.15, -0.1) is 0 Å². The van der Waals surface area contributed by atoms with Crippen LogP contribution in [0.3, 0.4) is 0 Å². The predicted octanol–water partition coefficient (Wildman–Crippen LogP) is 2.27. The van der Waals surface area contributed by atoms with Crippen LogP contribution in [0.25, 0.3) is 12.2 Å². The van der Waals surface area contributed by atoms with Crippen LogP contribution >= 0.6 is 23.5 Å². The quantitative estimate of drug-likeness (QED) is 0.244. The van der Waals surface area contributed by atoms with E-state index in [4.69, 9.17) is 29.4 Å². The van der Waals surface area contributed by atoms with Gasteiger partial charge in [-0.2, -0.15) is 0 Å². The lowest BCUT2D eigenvalue weighted by molar-refractivity contribution is 0.278. The highest BCUT2D eigenvalue weighted by Crippen LogP contribution is 2.43. The van der Waals surface area contributed by atoms with Gasteiger partial charge in [-0.3, -0.25) is 29.4 Å². The Morgan fingerprint density at radius 3 is 1.34 bits per heavy atom. The van der Waals surface area contributed by atoms with Gasteiger partial charge in [-0.25, -0.2) is 13.7 Å².